The summed E-state index contributed by atoms with van der Waals surface area (Å²) in [6.45, 7) is 0.503. The molecule has 0 aromatic heterocycles. The van der Waals surface area contributed by atoms with E-state index in [2.05, 4.69) is 48.5 Å². The standard InChI is InChI=1S/C32H32O3/c33-32(34)29(18-10-15-25-11-4-1-5-12-25)21-19-26-20-22-31(35-24-27-13-6-2-7-14-27)30(23-26)28-16-8-3-9-17-28/h1-9,11-14,16-17,20,22-23,29H,10,15,18-19,21,24H2,(H,33,34). The van der Waals surface area contributed by atoms with E-state index >= 15 is 0 Å². The second-order valence-corrected chi connectivity index (χ2v) is 8.92. The Balaban J connectivity index is 1.43. The number of ether oxygens (including phenoxy) is 1. The minimum Gasteiger partial charge on any atom is -0.488 e. The van der Waals surface area contributed by atoms with Gasteiger partial charge in [0.15, 0.2) is 0 Å². The lowest BCUT2D eigenvalue weighted by atomic mass is 9.92. The highest BCUT2D eigenvalue weighted by Crippen LogP contribution is 2.32. The topological polar surface area (TPSA) is 46.5 Å². The maximum Gasteiger partial charge on any atom is 0.306 e. The second-order valence-electron chi connectivity index (χ2n) is 8.92. The van der Waals surface area contributed by atoms with Gasteiger partial charge in [-0.3, -0.25) is 4.79 Å². The molecule has 0 fully saturated rings. The molecule has 0 saturated heterocycles. The minimum absolute atomic E-state index is 0.340. The maximum atomic E-state index is 11.9. The number of benzene rings is 4. The lowest BCUT2D eigenvalue weighted by Crippen LogP contribution is -2.15. The first kappa shape index (κ1) is 24.3. The molecule has 0 amide bonds. The molecule has 3 heteroatoms. The number of hydrogen-bond acceptors (Lipinski definition) is 2. The van der Waals surface area contributed by atoms with Crippen LogP contribution in [0.3, 0.4) is 0 Å². The average Bonchev–Trinajstić information content (AvgIpc) is 2.91. The Morgan fingerprint density at radius 3 is 1.97 bits per heavy atom. The highest BCUT2D eigenvalue weighted by atomic mass is 16.5. The van der Waals surface area contributed by atoms with Crippen LogP contribution in [0.15, 0.2) is 109 Å². The summed E-state index contributed by atoms with van der Waals surface area (Å²) in [5.41, 5.74) is 5.64. The van der Waals surface area contributed by atoms with E-state index in [0.29, 0.717) is 19.4 Å². The van der Waals surface area contributed by atoms with Crippen LogP contribution in [0.2, 0.25) is 0 Å². The molecule has 1 unspecified atom stereocenters. The third-order valence-corrected chi connectivity index (χ3v) is 6.36. The van der Waals surface area contributed by atoms with Crippen molar-refractivity contribution >= 4 is 5.97 Å². The monoisotopic (exact) mass is 464 g/mol. The molecule has 0 aliphatic carbocycles. The first-order valence-corrected chi connectivity index (χ1v) is 12.3. The lowest BCUT2D eigenvalue weighted by Gasteiger charge is -2.16. The van der Waals surface area contributed by atoms with Gasteiger partial charge in [0.25, 0.3) is 0 Å². The van der Waals surface area contributed by atoms with Crippen molar-refractivity contribution in [3.63, 3.8) is 0 Å². The van der Waals surface area contributed by atoms with Gasteiger partial charge in [-0.1, -0.05) is 97.1 Å². The van der Waals surface area contributed by atoms with Crippen LogP contribution in [-0.2, 0) is 24.2 Å². The summed E-state index contributed by atoms with van der Waals surface area (Å²) >= 11 is 0. The van der Waals surface area contributed by atoms with E-state index in [1.807, 2.05) is 60.7 Å². The van der Waals surface area contributed by atoms with E-state index < -0.39 is 5.97 Å². The van der Waals surface area contributed by atoms with Gasteiger partial charge in [0.05, 0.1) is 5.92 Å². The zero-order valence-corrected chi connectivity index (χ0v) is 20.0. The molecule has 4 aromatic carbocycles. The first-order chi connectivity index (χ1) is 17.2. The fourth-order valence-electron chi connectivity index (χ4n) is 4.37. The number of rotatable bonds is 12. The SMILES string of the molecule is O=C(O)C(CCCc1ccccc1)CCc1ccc(OCc2ccccc2)c(-c2ccccc2)c1. The van der Waals surface area contributed by atoms with Crippen LogP contribution in [0, 0.1) is 5.92 Å². The molecule has 0 bridgehead atoms. The molecule has 4 aromatic rings. The van der Waals surface area contributed by atoms with Crippen molar-refractivity contribution in [2.24, 2.45) is 5.92 Å². The largest absolute Gasteiger partial charge is 0.488 e. The van der Waals surface area contributed by atoms with Gasteiger partial charge in [-0.2, -0.15) is 0 Å². The second kappa shape index (κ2) is 12.6. The molecule has 35 heavy (non-hydrogen) atoms. The van der Waals surface area contributed by atoms with E-state index in [4.69, 9.17) is 4.74 Å². The number of aryl methyl sites for hydroxylation is 2. The van der Waals surface area contributed by atoms with Crippen molar-refractivity contribution in [3.05, 3.63) is 126 Å². The van der Waals surface area contributed by atoms with Crippen molar-refractivity contribution in [2.45, 2.75) is 38.7 Å². The zero-order chi connectivity index (χ0) is 24.3. The third-order valence-electron chi connectivity index (χ3n) is 6.36. The lowest BCUT2D eigenvalue weighted by molar-refractivity contribution is -0.142. The van der Waals surface area contributed by atoms with Crippen LogP contribution in [0.1, 0.15) is 36.0 Å². The summed E-state index contributed by atoms with van der Waals surface area (Å²) < 4.78 is 6.20. The Morgan fingerprint density at radius 1 is 0.686 bits per heavy atom. The number of carbonyl (C=O) groups is 1. The smallest absolute Gasteiger partial charge is 0.306 e. The predicted molar refractivity (Wildman–Crippen MR) is 141 cm³/mol. The summed E-state index contributed by atoms with van der Waals surface area (Å²) in [4.78, 5) is 11.9. The molecule has 178 valence electrons. The van der Waals surface area contributed by atoms with Gasteiger partial charge in [0, 0.05) is 5.56 Å². The highest BCUT2D eigenvalue weighted by Gasteiger charge is 2.18. The van der Waals surface area contributed by atoms with Crippen LogP contribution < -0.4 is 4.74 Å². The number of carboxylic acids is 1. The number of aliphatic carboxylic acids is 1. The number of carboxylic acid groups (broad SMARTS) is 1. The van der Waals surface area contributed by atoms with Crippen LogP contribution in [0.5, 0.6) is 5.75 Å². The summed E-state index contributed by atoms with van der Waals surface area (Å²) in [7, 11) is 0. The Bertz CT molecular complexity index is 1190. The van der Waals surface area contributed by atoms with Crippen molar-refractivity contribution in [3.8, 4) is 16.9 Å². The van der Waals surface area contributed by atoms with Gasteiger partial charge in [0.2, 0.25) is 0 Å². The summed E-state index contributed by atoms with van der Waals surface area (Å²) in [5.74, 6) is -0.210. The van der Waals surface area contributed by atoms with E-state index in [9.17, 15) is 9.90 Å². The van der Waals surface area contributed by atoms with Crippen molar-refractivity contribution in [1.29, 1.82) is 0 Å². The van der Waals surface area contributed by atoms with E-state index in [-0.39, 0.29) is 5.92 Å². The van der Waals surface area contributed by atoms with Gasteiger partial charge in [0.1, 0.15) is 12.4 Å². The van der Waals surface area contributed by atoms with Crippen LogP contribution >= 0.6 is 0 Å². The highest BCUT2D eigenvalue weighted by molar-refractivity contribution is 5.71. The third kappa shape index (κ3) is 7.31. The van der Waals surface area contributed by atoms with Crippen LogP contribution in [-0.4, -0.2) is 11.1 Å². The van der Waals surface area contributed by atoms with Crippen LogP contribution in [0.4, 0.5) is 0 Å². The number of hydrogen-bond donors (Lipinski definition) is 1. The molecular formula is C32H32O3. The summed E-state index contributed by atoms with van der Waals surface area (Å²) in [6.07, 6.45) is 3.83. The fraction of sp³-hybridized carbons (Fsp3) is 0.219. The molecule has 4 rings (SSSR count). The van der Waals surface area contributed by atoms with Gasteiger partial charge in [-0.15, -0.1) is 0 Å². The molecule has 0 aliphatic rings. The Hall–Kier alpha value is -3.85. The van der Waals surface area contributed by atoms with Gasteiger partial charge < -0.3 is 9.84 Å². The van der Waals surface area contributed by atoms with E-state index in [1.165, 1.54) is 5.56 Å². The zero-order valence-electron chi connectivity index (χ0n) is 20.0. The van der Waals surface area contributed by atoms with Gasteiger partial charge in [-0.25, -0.2) is 0 Å². The maximum absolute atomic E-state index is 11.9. The van der Waals surface area contributed by atoms with Gasteiger partial charge in [-0.05, 0) is 66.5 Å². The summed E-state index contributed by atoms with van der Waals surface area (Å²) in [5, 5.41) is 9.78. The fourth-order valence-corrected chi connectivity index (χ4v) is 4.37. The van der Waals surface area contributed by atoms with E-state index in [0.717, 1.165) is 47.3 Å². The quantitative estimate of drug-likeness (QED) is 0.235. The van der Waals surface area contributed by atoms with Crippen molar-refractivity contribution in [1.82, 2.24) is 0 Å². The predicted octanol–water partition coefficient (Wildman–Crippen LogP) is 7.59. The average molecular weight is 465 g/mol. The molecule has 1 atom stereocenters. The van der Waals surface area contributed by atoms with Crippen molar-refractivity contribution < 1.29 is 14.6 Å². The molecule has 0 radical (unpaired) electrons. The van der Waals surface area contributed by atoms with Gasteiger partial charge >= 0.3 is 5.97 Å². The molecule has 0 saturated carbocycles. The first-order valence-electron chi connectivity index (χ1n) is 12.3. The van der Waals surface area contributed by atoms with Crippen molar-refractivity contribution in [2.75, 3.05) is 0 Å². The Kier molecular flexibility index (Phi) is 8.72. The summed E-state index contributed by atoms with van der Waals surface area (Å²) in [6, 6.07) is 36.9. The van der Waals surface area contributed by atoms with Crippen LogP contribution in [0.25, 0.3) is 11.1 Å². The Labute approximate surface area is 208 Å². The molecule has 0 spiro atoms. The molecule has 1 N–H and O–H groups in total. The molecule has 0 heterocycles. The molecular weight excluding hydrogens is 432 g/mol. The molecule has 0 aliphatic heterocycles. The Morgan fingerprint density at radius 2 is 1.31 bits per heavy atom. The normalized spacial score (nSPS) is 11.7. The minimum atomic E-state index is -0.704. The van der Waals surface area contributed by atoms with E-state index in [1.54, 1.807) is 0 Å². The molecule has 3 nitrogen and oxygen atoms in total.